The highest BCUT2D eigenvalue weighted by Gasteiger charge is 2.41. The van der Waals surface area contributed by atoms with Crippen LogP contribution in [0.5, 0.6) is 0 Å². The first-order valence-corrected chi connectivity index (χ1v) is 3.34. The molecule has 0 aromatic carbocycles. The Morgan fingerprint density at radius 3 is 3.00 bits per heavy atom. The highest BCUT2D eigenvalue weighted by Crippen LogP contribution is 2.47. The third kappa shape index (κ3) is 0.467. The molecule has 0 aromatic heterocycles. The van der Waals surface area contributed by atoms with Crippen molar-refractivity contribution >= 4 is 11.6 Å². The lowest BCUT2D eigenvalue weighted by atomic mass is 10.2. The summed E-state index contributed by atoms with van der Waals surface area (Å²) in [5.74, 6) is 0.710. The smallest absolute Gasteiger partial charge is 0.0620 e. The lowest BCUT2D eigenvalue weighted by Crippen LogP contribution is -1.75. The molecule has 0 bridgehead atoms. The zero-order chi connectivity index (χ0) is 5.56. The van der Waals surface area contributed by atoms with E-state index in [0.717, 1.165) is 0 Å². The summed E-state index contributed by atoms with van der Waals surface area (Å²) in [6.45, 7) is 0. The van der Waals surface area contributed by atoms with Gasteiger partial charge in [0.1, 0.15) is 0 Å². The number of hydrogen-bond donors (Lipinski definition) is 0. The van der Waals surface area contributed by atoms with Gasteiger partial charge in [0.15, 0.2) is 0 Å². The van der Waals surface area contributed by atoms with Crippen molar-refractivity contribution in [2.75, 3.05) is 0 Å². The molecule has 0 aromatic rings. The van der Waals surface area contributed by atoms with Crippen LogP contribution in [0.25, 0.3) is 0 Å². The van der Waals surface area contributed by atoms with Crippen molar-refractivity contribution in [1.82, 2.24) is 0 Å². The fraction of sp³-hybridized carbons (Fsp3) is 0.429. The maximum absolute atomic E-state index is 5.85. The highest BCUT2D eigenvalue weighted by molar-refractivity contribution is 6.25. The molecule has 2 aliphatic carbocycles. The first-order chi connectivity index (χ1) is 3.89. The summed E-state index contributed by atoms with van der Waals surface area (Å²) in [5.41, 5.74) is 1.44. The van der Waals surface area contributed by atoms with E-state index >= 15 is 0 Å². The average molecular weight is 127 g/mol. The Hall–Kier alpha value is -0.230. The van der Waals surface area contributed by atoms with Gasteiger partial charge in [0.2, 0.25) is 0 Å². The molecule has 0 amide bonds. The van der Waals surface area contributed by atoms with Gasteiger partial charge in [0, 0.05) is 5.92 Å². The molecule has 1 unspecified atom stereocenters. The van der Waals surface area contributed by atoms with Crippen molar-refractivity contribution < 1.29 is 0 Å². The average Bonchev–Trinajstić information content (AvgIpc) is 2.46. The predicted molar refractivity (Wildman–Crippen MR) is 35.0 cm³/mol. The van der Waals surface area contributed by atoms with Gasteiger partial charge < -0.3 is 0 Å². The van der Waals surface area contributed by atoms with Crippen molar-refractivity contribution in [2.24, 2.45) is 5.92 Å². The molecule has 2 rings (SSSR count). The SMILES string of the molecule is Cl[C@@H]1C2=CC=CCC21. The summed E-state index contributed by atoms with van der Waals surface area (Å²) in [4.78, 5) is 0. The van der Waals surface area contributed by atoms with Crippen LogP contribution in [0, 0.1) is 5.92 Å². The predicted octanol–water partition coefficient (Wildman–Crippen LogP) is 2.11. The molecule has 0 aliphatic heterocycles. The maximum atomic E-state index is 5.85. The molecular formula is C7H7Cl. The molecule has 1 saturated carbocycles. The van der Waals surface area contributed by atoms with Crippen molar-refractivity contribution in [2.45, 2.75) is 11.8 Å². The third-order valence-corrected chi connectivity index (χ3v) is 2.36. The first kappa shape index (κ1) is 4.63. The van der Waals surface area contributed by atoms with Gasteiger partial charge in [-0.25, -0.2) is 0 Å². The van der Waals surface area contributed by atoms with Crippen LogP contribution in [0.3, 0.4) is 0 Å². The number of rotatable bonds is 0. The number of halogens is 1. The Balaban J connectivity index is 2.26. The van der Waals surface area contributed by atoms with Crippen molar-refractivity contribution in [1.29, 1.82) is 0 Å². The van der Waals surface area contributed by atoms with Crippen LogP contribution in [-0.2, 0) is 0 Å². The molecule has 0 saturated heterocycles. The summed E-state index contributed by atoms with van der Waals surface area (Å²) in [6.07, 6.45) is 7.57. The van der Waals surface area contributed by atoms with Crippen LogP contribution in [0.4, 0.5) is 0 Å². The highest BCUT2D eigenvalue weighted by atomic mass is 35.5. The van der Waals surface area contributed by atoms with E-state index in [1.54, 1.807) is 0 Å². The monoisotopic (exact) mass is 126 g/mol. The standard InChI is InChI=1S/C7H7Cl/c8-7-5-3-1-2-4-6(5)7/h1-3,6-7H,4H2/t6?,7-/m1/s1. The van der Waals surface area contributed by atoms with Crippen LogP contribution in [0.1, 0.15) is 6.42 Å². The van der Waals surface area contributed by atoms with Crippen LogP contribution < -0.4 is 0 Å². The van der Waals surface area contributed by atoms with E-state index in [4.69, 9.17) is 11.6 Å². The molecule has 2 aliphatic rings. The normalized spacial score (nSPS) is 40.9. The Bertz CT molecular complexity index is 167. The summed E-state index contributed by atoms with van der Waals surface area (Å²) in [5, 5.41) is 0.380. The fourth-order valence-corrected chi connectivity index (χ4v) is 1.59. The lowest BCUT2D eigenvalue weighted by Gasteiger charge is -1.87. The summed E-state index contributed by atoms with van der Waals surface area (Å²) in [6, 6.07) is 0. The Labute approximate surface area is 53.8 Å². The largest absolute Gasteiger partial charge is 0.117 e. The lowest BCUT2D eigenvalue weighted by molar-refractivity contribution is 0.890. The molecule has 0 heterocycles. The molecule has 0 spiro atoms. The van der Waals surface area contributed by atoms with Crippen molar-refractivity contribution in [3.8, 4) is 0 Å². The van der Waals surface area contributed by atoms with Crippen LogP contribution in [0.15, 0.2) is 23.8 Å². The van der Waals surface area contributed by atoms with Crippen molar-refractivity contribution in [3.63, 3.8) is 0 Å². The minimum absolute atomic E-state index is 0.380. The molecule has 1 heteroatoms. The third-order valence-electron chi connectivity index (χ3n) is 1.81. The minimum atomic E-state index is 0.380. The van der Waals surface area contributed by atoms with E-state index in [-0.39, 0.29) is 0 Å². The quantitative estimate of drug-likeness (QED) is 0.436. The van der Waals surface area contributed by atoms with Crippen molar-refractivity contribution in [3.05, 3.63) is 23.8 Å². The second-order valence-corrected chi connectivity index (χ2v) is 2.81. The number of hydrogen-bond acceptors (Lipinski definition) is 0. The Morgan fingerprint density at radius 1 is 1.62 bits per heavy atom. The Morgan fingerprint density at radius 2 is 2.50 bits per heavy atom. The molecule has 42 valence electrons. The van der Waals surface area contributed by atoms with Gasteiger partial charge >= 0.3 is 0 Å². The maximum Gasteiger partial charge on any atom is 0.0620 e. The number of alkyl halides is 1. The second kappa shape index (κ2) is 1.38. The number of fused-ring (bicyclic) bond motifs is 1. The zero-order valence-corrected chi connectivity index (χ0v) is 5.23. The summed E-state index contributed by atoms with van der Waals surface area (Å²) >= 11 is 5.85. The minimum Gasteiger partial charge on any atom is -0.117 e. The van der Waals surface area contributed by atoms with Crippen LogP contribution >= 0.6 is 11.6 Å². The molecule has 0 nitrogen and oxygen atoms in total. The van der Waals surface area contributed by atoms with Gasteiger partial charge in [-0.3, -0.25) is 0 Å². The zero-order valence-electron chi connectivity index (χ0n) is 4.47. The molecule has 1 fully saturated rings. The van der Waals surface area contributed by atoms with E-state index in [2.05, 4.69) is 18.2 Å². The first-order valence-electron chi connectivity index (χ1n) is 2.90. The summed E-state index contributed by atoms with van der Waals surface area (Å²) in [7, 11) is 0. The van der Waals surface area contributed by atoms with Gasteiger partial charge in [-0.1, -0.05) is 18.2 Å². The molecule has 0 N–H and O–H groups in total. The molecule has 8 heavy (non-hydrogen) atoms. The molecule has 0 radical (unpaired) electrons. The van der Waals surface area contributed by atoms with E-state index in [0.29, 0.717) is 11.3 Å². The summed E-state index contributed by atoms with van der Waals surface area (Å²) < 4.78 is 0. The van der Waals surface area contributed by atoms with Gasteiger partial charge in [0.05, 0.1) is 5.38 Å². The van der Waals surface area contributed by atoms with Gasteiger partial charge in [-0.15, -0.1) is 11.6 Å². The van der Waals surface area contributed by atoms with E-state index < -0.39 is 0 Å². The van der Waals surface area contributed by atoms with E-state index in [1.807, 2.05) is 0 Å². The van der Waals surface area contributed by atoms with Gasteiger partial charge in [-0.05, 0) is 12.0 Å². The second-order valence-electron chi connectivity index (χ2n) is 2.34. The molecular weight excluding hydrogens is 120 g/mol. The van der Waals surface area contributed by atoms with E-state index in [1.165, 1.54) is 12.0 Å². The number of allylic oxidation sites excluding steroid dienone is 4. The van der Waals surface area contributed by atoms with Crippen LogP contribution in [-0.4, -0.2) is 5.38 Å². The van der Waals surface area contributed by atoms with Crippen LogP contribution in [0.2, 0.25) is 0 Å². The fourth-order valence-electron chi connectivity index (χ4n) is 1.18. The van der Waals surface area contributed by atoms with E-state index in [9.17, 15) is 0 Å². The van der Waals surface area contributed by atoms with Gasteiger partial charge in [0.25, 0.3) is 0 Å². The van der Waals surface area contributed by atoms with Gasteiger partial charge in [-0.2, -0.15) is 0 Å². The Kier molecular flexibility index (Phi) is 0.800. The molecule has 2 atom stereocenters. The topological polar surface area (TPSA) is 0 Å².